The molecule has 0 saturated heterocycles. The van der Waals surface area contributed by atoms with E-state index in [2.05, 4.69) is 37.3 Å². The smallest absolute Gasteiger partial charge is 0.109 e. The van der Waals surface area contributed by atoms with Crippen LogP contribution in [0.4, 0.5) is 0 Å². The molecule has 1 heterocycles. The van der Waals surface area contributed by atoms with Gasteiger partial charge in [-0.1, -0.05) is 37.3 Å². The van der Waals surface area contributed by atoms with Crippen LogP contribution in [0.3, 0.4) is 0 Å². The van der Waals surface area contributed by atoms with Gasteiger partial charge in [0.05, 0.1) is 12.6 Å². The van der Waals surface area contributed by atoms with Crippen LogP contribution in [0.2, 0.25) is 0 Å². The summed E-state index contributed by atoms with van der Waals surface area (Å²) in [5, 5.41) is 0. The Morgan fingerprint density at radius 2 is 2.00 bits per heavy atom. The van der Waals surface area contributed by atoms with E-state index in [-0.39, 0.29) is 6.04 Å². The highest BCUT2D eigenvalue weighted by Crippen LogP contribution is 2.24. The summed E-state index contributed by atoms with van der Waals surface area (Å²) in [6.45, 7) is 2.96. The van der Waals surface area contributed by atoms with Crippen molar-refractivity contribution in [2.24, 2.45) is 5.73 Å². The summed E-state index contributed by atoms with van der Waals surface area (Å²) in [5.41, 5.74) is 7.50. The maximum atomic E-state index is 6.23. The van der Waals surface area contributed by atoms with E-state index in [0.29, 0.717) is 5.92 Å². The zero-order valence-electron chi connectivity index (χ0n) is 9.73. The van der Waals surface area contributed by atoms with Crippen molar-refractivity contribution in [3.8, 4) is 0 Å². The molecule has 0 radical (unpaired) electrons. The van der Waals surface area contributed by atoms with Crippen molar-refractivity contribution >= 4 is 0 Å². The third-order valence-electron chi connectivity index (χ3n) is 3.16. The van der Waals surface area contributed by atoms with Gasteiger partial charge in [-0.3, -0.25) is 0 Å². The first kappa shape index (κ1) is 11.2. The second kappa shape index (κ2) is 5.17. The van der Waals surface area contributed by atoms with Gasteiger partial charge in [0.1, 0.15) is 5.76 Å². The molecule has 2 atom stereocenters. The summed E-state index contributed by atoms with van der Waals surface area (Å²) in [7, 11) is 0. The largest absolute Gasteiger partial charge is 0.497 e. The van der Waals surface area contributed by atoms with Crippen LogP contribution < -0.4 is 5.73 Å². The van der Waals surface area contributed by atoms with E-state index >= 15 is 0 Å². The fraction of sp³-hybridized carbons (Fsp3) is 0.429. The van der Waals surface area contributed by atoms with Crippen molar-refractivity contribution in [2.45, 2.75) is 31.7 Å². The zero-order chi connectivity index (χ0) is 11.4. The molecule has 2 heteroatoms. The third kappa shape index (κ3) is 2.45. The van der Waals surface area contributed by atoms with Crippen LogP contribution in [-0.4, -0.2) is 12.6 Å². The summed E-state index contributed by atoms with van der Waals surface area (Å²) in [6, 6.07) is 10.3. The molecule has 0 spiro atoms. The van der Waals surface area contributed by atoms with Crippen molar-refractivity contribution in [1.29, 1.82) is 0 Å². The Bertz CT molecular complexity index is 358. The minimum absolute atomic E-state index is 0.0253. The number of benzene rings is 1. The quantitative estimate of drug-likeness (QED) is 0.845. The van der Waals surface area contributed by atoms with Crippen LogP contribution in [0.1, 0.15) is 31.2 Å². The van der Waals surface area contributed by atoms with Crippen molar-refractivity contribution < 1.29 is 4.74 Å². The highest BCUT2D eigenvalue weighted by molar-refractivity contribution is 5.24. The van der Waals surface area contributed by atoms with E-state index in [9.17, 15) is 0 Å². The number of allylic oxidation sites excluding steroid dienone is 1. The summed E-state index contributed by atoms with van der Waals surface area (Å²) >= 11 is 0. The van der Waals surface area contributed by atoms with Crippen LogP contribution >= 0.6 is 0 Å². The molecule has 1 aromatic carbocycles. The molecule has 86 valence electrons. The Kier molecular flexibility index (Phi) is 3.62. The van der Waals surface area contributed by atoms with E-state index in [0.717, 1.165) is 25.2 Å². The van der Waals surface area contributed by atoms with E-state index < -0.39 is 0 Å². The van der Waals surface area contributed by atoms with E-state index in [1.807, 2.05) is 6.07 Å². The fourth-order valence-corrected chi connectivity index (χ4v) is 2.02. The van der Waals surface area contributed by atoms with E-state index in [4.69, 9.17) is 10.5 Å². The molecule has 2 N–H and O–H groups in total. The third-order valence-corrected chi connectivity index (χ3v) is 3.16. The first-order chi connectivity index (χ1) is 7.79. The average Bonchev–Trinajstić information content (AvgIpc) is 2.39. The molecule has 0 aliphatic carbocycles. The van der Waals surface area contributed by atoms with Crippen molar-refractivity contribution in [1.82, 2.24) is 0 Å². The number of nitrogens with two attached hydrogens (primary N) is 1. The van der Waals surface area contributed by atoms with E-state index in [1.54, 1.807) is 0 Å². The molecule has 0 fully saturated rings. The van der Waals surface area contributed by atoms with Gasteiger partial charge in [-0.05, 0) is 24.5 Å². The molecule has 0 saturated carbocycles. The van der Waals surface area contributed by atoms with Gasteiger partial charge in [-0.2, -0.15) is 0 Å². The van der Waals surface area contributed by atoms with Gasteiger partial charge >= 0.3 is 0 Å². The van der Waals surface area contributed by atoms with Crippen LogP contribution in [0, 0.1) is 0 Å². The number of ether oxygens (including phenoxy) is 1. The number of hydrogen-bond donors (Lipinski definition) is 1. The monoisotopic (exact) mass is 217 g/mol. The second-order valence-corrected chi connectivity index (χ2v) is 4.32. The molecule has 16 heavy (non-hydrogen) atoms. The van der Waals surface area contributed by atoms with Gasteiger partial charge in [0.15, 0.2) is 0 Å². The molecule has 0 aromatic heterocycles. The Morgan fingerprint density at radius 1 is 1.25 bits per heavy atom. The molecule has 1 aromatic rings. The van der Waals surface area contributed by atoms with Crippen LogP contribution in [0.15, 0.2) is 42.2 Å². The molecule has 2 nitrogen and oxygen atoms in total. The van der Waals surface area contributed by atoms with Crippen molar-refractivity contribution in [3.05, 3.63) is 47.7 Å². The van der Waals surface area contributed by atoms with Crippen molar-refractivity contribution in [2.75, 3.05) is 6.61 Å². The predicted molar refractivity (Wildman–Crippen MR) is 66.1 cm³/mol. The van der Waals surface area contributed by atoms with Gasteiger partial charge in [0, 0.05) is 5.92 Å². The number of hydrogen-bond acceptors (Lipinski definition) is 2. The lowest BCUT2D eigenvalue weighted by Gasteiger charge is -2.25. The lowest BCUT2D eigenvalue weighted by Crippen LogP contribution is -2.31. The van der Waals surface area contributed by atoms with Gasteiger partial charge in [0.25, 0.3) is 0 Å². The van der Waals surface area contributed by atoms with Crippen LogP contribution in [0.25, 0.3) is 0 Å². The van der Waals surface area contributed by atoms with Gasteiger partial charge < -0.3 is 10.5 Å². The van der Waals surface area contributed by atoms with Gasteiger partial charge in [-0.25, -0.2) is 0 Å². The maximum Gasteiger partial charge on any atom is 0.109 e. The first-order valence-electron chi connectivity index (χ1n) is 5.92. The molecule has 1 aliphatic heterocycles. The minimum atomic E-state index is -0.0253. The Hall–Kier alpha value is -1.28. The maximum absolute atomic E-state index is 6.23. The average molecular weight is 217 g/mol. The highest BCUT2D eigenvalue weighted by Gasteiger charge is 2.21. The minimum Gasteiger partial charge on any atom is -0.497 e. The van der Waals surface area contributed by atoms with Gasteiger partial charge in [-0.15, -0.1) is 0 Å². The molecule has 2 unspecified atom stereocenters. The van der Waals surface area contributed by atoms with Gasteiger partial charge in [0.2, 0.25) is 0 Å². The lowest BCUT2D eigenvalue weighted by atomic mass is 9.92. The molecule has 2 rings (SSSR count). The second-order valence-electron chi connectivity index (χ2n) is 4.32. The summed E-state index contributed by atoms with van der Waals surface area (Å²) in [5.74, 6) is 1.26. The fourth-order valence-electron chi connectivity index (χ4n) is 2.02. The Labute approximate surface area is 97.1 Å². The summed E-state index contributed by atoms with van der Waals surface area (Å²) in [6.07, 6.45) is 4.33. The summed E-state index contributed by atoms with van der Waals surface area (Å²) < 4.78 is 5.62. The molecule has 0 amide bonds. The zero-order valence-corrected chi connectivity index (χ0v) is 9.73. The molecule has 0 bridgehead atoms. The SMILES string of the molecule is CC(c1ccccc1)C(N)C1=CCCCO1. The topological polar surface area (TPSA) is 35.2 Å². The first-order valence-corrected chi connectivity index (χ1v) is 5.92. The van der Waals surface area contributed by atoms with Crippen molar-refractivity contribution in [3.63, 3.8) is 0 Å². The molecule has 1 aliphatic rings. The van der Waals surface area contributed by atoms with E-state index in [1.165, 1.54) is 5.56 Å². The van der Waals surface area contributed by atoms with Crippen LogP contribution in [0.5, 0.6) is 0 Å². The number of rotatable bonds is 3. The predicted octanol–water partition coefficient (Wildman–Crippen LogP) is 2.81. The highest BCUT2D eigenvalue weighted by atomic mass is 16.5. The van der Waals surface area contributed by atoms with Crippen LogP contribution in [-0.2, 0) is 4.74 Å². The molecular weight excluding hydrogens is 198 g/mol. The standard InChI is InChI=1S/C14H19NO/c1-11(12-7-3-2-4-8-12)14(15)13-9-5-6-10-16-13/h2-4,7-9,11,14H,5-6,10,15H2,1H3. The normalized spacial score (nSPS) is 19.5. The Balaban J connectivity index is 2.09. The Morgan fingerprint density at radius 3 is 2.62 bits per heavy atom. The molecular formula is C14H19NO. The summed E-state index contributed by atoms with van der Waals surface area (Å²) in [4.78, 5) is 0. The lowest BCUT2D eigenvalue weighted by molar-refractivity contribution is 0.171.